The minimum absolute atomic E-state index is 0.464. The second-order valence-corrected chi connectivity index (χ2v) is 4.37. The Morgan fingerprint density at radius 1 is 1.44 bits per heavy atom. The molecular weight excluding hydrogens is 207 g/mol. The van der Waals surface area contributed by atoms with Crippen molar-refractivity contribution in [2.75, 3.05) is 11.9 Å². The molecule has 16 heavy (non-hydrogen) atoms. The van der Waals surface area contributed by atoms with E-state index < -0.39 is 5.67 Å². The third kappa shape index (κ3) is 2.48. The lowest BCUT2D eigenvalue weighted by Gasteiger charge is -2.15. The lowest BCUT2D eigenvalue weighted by atomic mass is 10.1. The topological polar surface area (TPSA) is 42.2 Å². The van der Waals surface area contributed by atoms with Crippen LogP contribution >= 0.6 is 0 Å². The monoisotopic (exact) mass is 222 g/mol. The van der Waals surface area contributed by atoms with Crippen LogP contribution in [0, 0.1) is 0 Å². The highest BCUT2D eigenvalue weighted by atomic mass is 19.1. The van der Waals surface area contributed by atoms with Gasteiger partial charge in [-0.2, -0.15) is 0 Å². The maximum Gasteiger partial charge on any atom is 0.162 e. The SMILES string of the molecule is CC(C)(F)CCNc1cccc2nncn12. The number of pyridine rings is 1. The van der Waals surface area contributed by atoms with Crippen LogP contribution in [-0.2, 0) is 0 Å². The van der Waals surface area contributed by atoms with Gasteiger partial charge in [0, 0.05) is 6.54 Å². The number of nitrogens with zero attached hydrogens (tertiary/aromatic N) is 3. The van der Waals surface area contributed by atoms with Crippen molar-refractivity contribution in [3.05, 3.63) is 24.5 Å². The maximum atomic E-state index is 13.3. The number of hydrogen-bond donors (Lipinski definition) is 1. The normalized spacial score (nSPS) is 11.9. The molecule has 2 heterocycles. The largest absolute Gasteiger partial charge is 0.371 e. The van der Waals surface area contributed by atoms with Crippen LogP contribution in [-0.4, -0.2) is 26.8 Å². The molecule has 4 nitrogen and oxygen atoms in total. The molecule has 1 N–H and O–H groups in total. The fourth-order valence-corrected chi connectivity index (χ4v) is 1.48. The Labute approximate surface area is 93.5 Å². The van der Waals surface area contributed by atoms with E-state index in [0.29, 0.717) is 13.0 Å². The van der Waals surface area contributed by atoms with Gasteiger partial charge in [-0.3, -0.25) is 4.40 Å². The molecule has 0 aliphatic carbocycles. The number of anilines is 1. The second-order valence-electron chi connectivity index (χ2n) is 4.37. The molecular formula is C11H15FN4. The molecule has 0 amide bonds. The molecule has 0 spiro atoms. The summed E-state index contributed by atoms with van der Waals surface area (Å²) in [5, 5.41) is 10.9. The molecule has 0 aliphatic rings. The van der Waals surface area contributed by atoms with Gasteiger partial charge in [-0.25, -0.2) is 4.39 Å². The molecule has 0 atom stereocenters. The van der Waals surface area contributed by atoms with Crippen molar-refractivity contribution in [3.63, 3.8) is 0 Å². The first-order valence-electron chi connectivity index (χ1n) is 5.28. The third-order valence-corrected chi connectivity index (χ3v) is 2.36. The predicted octanol–water partition coefficient (Wildman–Crippen LogP) is 2.28. The summed E-state index contributed by atoms with van der Waals surface area (Å²) in [7, 11) is 0. The van der Waals surface area contributed by atoms with Gasteiger partial charge < -0.3 is 5.32 Å². The van der Waals surface area contributed by atoms with Gasteiger partial charge in [-0.1, -0.05) is 6.07 Å². The van der Waals surface area contributed by atoms with E-state index in [1.807, 2.05) is 22.6 Å². The van der Waals surface area contributed by atoms with Crippen molar-refractivity contribution in [1.29, 1.82) is 0 Å². The smallest absolute Gasteiger partial charge is 0.162 e. The average molecular weight is 222 g/mol. The zero-order valence-corrected chi connectivity index (χ0v) is 9.44. The molecule has 2 rings (SSSR count). The van der Waals surface area contributed by atoms with Gasteiger partial charge in [-0.05, 0) is 32.4 Å². The highest BCUT2D eigenvalue weighted by Gasteiger charge is 2.14. The number of fused-ring (bicyclic) bond motifs is 1. The van der Waals surface area contributed by atoms with Gasteiger partial charge in [0.25, 0.3) is 0 Å². The zero-order chi connectivity index (χ0) is 11.6. The molecule has 0 saturated heterocycles. The first kappa shape index (κ1) is 10.9. The van der Waals surface area contributed by atoms with Crippen LogP contribution in [0.4, 0.5) is 10.2 Å². The number of hydrogen-bond acceptors (Lipinski definition) is 3. The highest BCUT2D eigenvalue weighted by molar-refractivity contribution is 5.48. The van der Waals surface area contributed by atoms with Crippen LogP contribution in [0.1, 0.15) is 20.3 Å². The van der Waals surface area contributed by atoms with E-state index in [-0.39, 0.29) is 0 Å². The summed E-state index contributed by atoms with van der Waals surface area (Å²) >= 11 is 0. The summed E-state index contributed by atoms with van der Waals surface area (Å²) in [4.78, 5) is 0. The molecule has 0 aromatic carbocycles. The van der Waals surface area contributed by atoms with E-state index in [0.717, 1.165) is 11.5 Å². The van der Waals surface area contributed by atoms with Crippen LogP contribution in [0.2, 0.25) is 0 Å². The van der Waals surface area contributed by atoms with Crippen molar-refractivity contribution >= 4 is 11.5 Å². The number of aromatic nitrogens is 3. The van der Waals surface area contributed by atoms with Gasteiger partial charge in [0.1, 0.15) is 17.8 Å². The summed E-state index contributed by atoms with van der Waals surface area (Å²) in [5.41, 5.74) is -0.363. The zero-order valence-electron chi connectivity index (χ0n) is 9.44. The van der Waals surface area contributed by atoms with E-state index >= 15 is 0 Å². The Balaban J connectivity index is 2.07. The summed E-state index contributed by atoms with van der Waals surface area (Å²) in [6, 6.07) is 5.69. The third-order valence-electron chi connectivity index (χ3n) is 2.36. The van der Waals surface area contributed by atoms with Gasteiger partial charge in [0.05, 0.1) is 0 Å². The lowest BCUT2D eigenvalue weighted by Crippen LogP contribution is -2.18. The molecule has 0 fully saturated rings. The van der Waals surface area contributed by atoms with Gasteiger partial charge in [0.2, 0.25) is 0 Å². The summed E-state index contributed by atoms with van der Waals surface area (Å²) in [5.74, 6) is 0.881. The van der Waals surface area contributed by atoms with Crippen LogP contribution in [0.15, 0.2) is 24.5 Å². The van der Waals surface area contributed by atoms with Crippen molar-refractivity contribution in [2.45, 2.75) is 25.9 Å². The van der Waals surface area contributed by atoms with E-state index in [1.165, 1.54) is 0 Å². The quantitative estimate of drug-likeness (QED) is 0.863. The average Bonchev–Trinajstić information content (AvgIpc) is 2.64. The van der Waals surface area contributed by atoms with Gasteiger partial charge in [0.15, 0.2) is 5.65 Å². The van der Waals surface area contributed by atoms with Crippen LogP contribution in [0.25, 0.3) is 5.65 Å². The molecule has 2 aromatic heterocycles. The molecule has 0 unspecified atom stereocenters. The second kappa shape index (κ2) is 4.08. The molecule has 2 aromatic rings. The molecule has 5 heteroatoms. The van der Waals surface area contributed by atoms with Crippen molar-refractivity contribution < 1.29 is 4.39 Å². The molecule has 0 saturated carbocycles. The summed E-state index contributed by atoms with van der Waals surface area (Å²) in [6.45, 7) is 3.74. The Morgan fingerprint density at radius 3 is 3.00 bits per heavy atom. The van der Waals surface area contributed by atoms with Gasteiger partial charge in [-0.15, -0.1) is 10.2 Å². The number of rotatable bonds is 4. The molecule has 0 radical (unpaired) electrons. The van der Waals surface area contributed by atoms with Gasteiger partial charge >= 0.3 is 0 Å². The fourth-order valence-electron chi connectivity index (χ4n) is 1.48. The number of halogens is 1. The Hall–Kier alpha value is -1.65. The van der Waals surface area contributed by atoms with Crippen molar-refractivity contribution in [2.24, 2.45) is 0 Å². The van der Waals surface area contributed by atoms with E-state index in [1.54, 1.807) is 20.2 Å². The fraction of sp³-hybridized carbons (Fsp3) is 0.455. The predicted molar refractivity (Wildman–Crippen MR) is 61.3 cm³/mol. The maximum absolute atomic E-state index is 13.3. The Kier molecular flexibility index (Phi) is 2.77. The Bertz CT molecular complexity index is 472. The van der Waals surface area contributed by atoms with E-state index in [4.69, 9.17) is 0 Å². The Morgan fingerprint density at radius 2 is 2.25 bits per heavy atom. The minimum atomic E-state index is -1.14. The first-order chi connectivity index (χ1) is 7.56. The van der Waals surface area contributed by atoms with Crippen molar-refractivity contribution in [1.82, 2.24) is 14.6 Å². The summed E-state index contributed by atoms with van der Waals surface area (Å²) in [6.07, 6.45) is 2.10. The van der Waals surface area contributed by atoms with E-state index in [9.17, 15) is 4.39 Å². The van der Waals surface area contributed by atoms with Crippen LogP contribution < -0.4 is 5.32 Å². The van der Waals surface area contributed by atoms with E-state index in [2.05, 4.69) is 15.5 Å². The highest BCUT2D eigenvalue weighted by Crippen LogP contribution is 2.15. The standard InChI is InChI=1S/C11H15FN4/c1-11(2,12)6-7-13-9-4-3-5-10-15-14-8-16(9)10/h3-5,8,13H,6-7H2,1-2H3. The number of alkyl halides is 1. The summed E-state index contributed by atoms with van der Waals surface area (Å²) < 4.78 is 15.1. The lowest BCUT2D eigenvalue weighted by molar-refractivity contribution is 0.207. The molecule has 0 aliphatic heterocycles. The van der Waals surface area contributed by atoms with Crippen LogP contribution in [0.3, 0.4) is 0 Å². The van der Waals surface area contributed by atoms with Crippen molar-refractivity contribution in [3.8, 4) is 0 Å². The first-order valence-corrected chi connectivity index (χ1v) is 5.28. The minimum Gasteiger partial charge on any atom is -0.371 e. The molecule has 0 bridgehead atoms. The molecule has 86 valence electrons. The number of nitrogens with one attached hydrogen (secondary N) is 1. The van der Waals surface area contributed by atoms with Crippen LogP contribution in [0.5, 0.6) is 0 Å².